The molecule has 0 amide bonds. The minimum absolute atomic E-state index is 0.0874. The van der Waals surface area contributed by atoms with Gasteiger partial charge in [-0.05, 0) is 36.6 Å². The van der Waals surface area contributed by atoms with Crippen molar-refractivity contribution in [3.8, 4) is 5.69 Å². The number of aromatic nitrogens is 4. The lowest BCUT2D eigenvalue weighted by Gasteiger charge is -2.06. The summed E-state index contributed by atoms with van der Waals surface area (Å²) in [6, 6.07) is 19.4. The third-order valence-corrected chi connectivity index (χ3v) is 5.72. The van der Waals surface area contributed by atoms with Gasteiger partial charge in [0, 0.05) is 31.4 Å². The second-order valence-electron chi connectivity index (χ2n) is 7.62. The van der Waals surface area contributed by atoms with Crippen LogP contribution in [0.1, 0.15) is 11.3 Å². The van der Waals surface area contributed by atoms with Crippen molar-refractivity contribution in [2.24, 2.45) is 19.1 Å². The highest BCUT2D eigenvalue weighted by Gasteiger charge is 2.13. The lowest BCUT2D eigenvalue weighted by atomic mass is 10.1. The first-order valence-corrected chi connectivity index (χ1v) is 9.95. The highest BCUT2D eigenvalue weighted by atomic mass is 16.1. The summed E-state index contributed by atoms with van der Waals surface area (Å²) in [5.41, 5.74) is 4.08. The Balaban J connectivity index is 1.58. The van der Waals surface area contributed by atoms with Gasteiger partial charge in [-0.3, -0.25) is 24.0 Å². The number of nitrogens with zero attached hydrogens (tertiary/aromatic N) is 4. The molecule has 0 atom stereocenters. The van der Waals surface area contributed by atoms with Crippen molar-refractivity contribution in [3.63, 3.8) is 0 Å². The van der Waals surface area contributed by atoms with E-state index in [4.69, 9.17) is 0 Å². The molecule has 0 aliphatic heterocycles. The van der Waals surface area contributed by atoms with Crippen LogP contribution in [0.5, 0.6) is 0 Å². The number of aromatic amines is 1. The summed E-state index contributed by atoms with van der Waals surface area (Å²) in [5, 5.41) is 5.23. The molecule has 7 heteroatoms. The molecule has 0 spiro atoms. The van der Waals surface area contributed by atoms with Gasteiger partial charge in [-0.2, -0.15) is 0 Å². The third kappa shape index (κ3) is 2.93. The molecule has 0 aliphatic rings. The maximum Gasteiger partial charge on any atom is 0.328 e. The predicted octanol–water partition coefficient (Wildman–Crippen LogP) is 3.57. The molecule has 1 N–H and O–H groups in total. The van der Waals surface area contributed by atoms with Crippen LogP contribution in [-0.2, 0) is 14.1 Å². The van der Waals surface area contributed by atoms with E-state index in [1.807, 2.05) is 67.6 Å². The van der Waals surface area contributed by atoms with Gasteiger partial charge in [-0.25, -0.2) is 9.48 Å². The fourth-order valence-corrected chi connectivity index (χ4v) is 4.00. The number of rotatable bonds is 3. The number of imidazole rings is 1. The number of fused-ring (bicyclic) bond motifs is 2. The van der Waals surface area contributed by atoms with Crippen molar-refractivity contribution in [1.82, 2.24) is 18.9 Å². The van der Waals surface area contributed by atoms with Crippen molar-refractivity contribution < 1.29 is 0 Å². The maximum atomic E-state index is 13.2. The zero-order valence-electron chi connectivity index (χ0n) is 17.5. The molecule has 2 aromatic heterocycles. The smallest absolute Gasteiger partial charge is 0.295 e. The van der Waals surface area contributed by atoms with Crippen LogP contribution in [0.2, 0.25) is 0 Å². The fraction of sp³-hybridized carbons (Fsp3) is 0.125. The highest BCUT2D eigenvalue weighted by Crippen LogP contribution is 2.22. The zero-order chi connectivity index (χ0) is 21.7. The normalized spacial score (nSPS) is 11.8. The van der Waals surface area contributed by atoms with Crippen molar-refractivity contribution in [2.75, 3.05) is 0 Å². The lowest BCUT2D eigenvalue weighted by Crippen LogP contribution is -2.19. The number of aliphatic imine (C=N–C) groups is 1. The zero-order valence-corrected chi connectivity index (χ0v) is 17.5. The monoisotopic (exact) mass is 411 g/mol. The lowest BCUT2D eigenvalue weighted by molar-refractivity contribution is 0.795. The molecule has 0 saturated heterocycles. The van der Waals surface area contributed by atoms with Gasteiger partial charge in [0.15, 0.2) is 0 Å². The van der Waals surface area contributed by atoms with E-state index in [2.05, 4.69) is 10.1 Å². The van der Waals surface area contributed by atoms with E-state index in [0.29, 0.717) is 11.3 Å². The summed E-state index contributed by atoms with van der Waals surface area (Å²) in [4.78, 5) is 29.8. The van der Waals surface area contributed by atoms with Gasteiger partial charge in [0.25, 0.3) is 5.56 Å². The molecule has 0 fully saturated rings. The Morgan fingerprint density at radius 2 is 1.65 bits per heavy atom. The Morgan fingerprint density at radius 3 is 2.48 bits per heavy atom. The molecule has 0 aliphatic carbocycles. The summed E-state index contributed by atoms with van der Waals surface area (Å²) >= 11 is 0. The van der Waals surface area contributed by atoms with Crippen LogP contribution in [0.25, 0.3) is 27.5 Å². The van der Waals surface area contributed by atoms with Gasteiger partial charge in [0.1, 0.15) is 0 Å². The largest absolute Gasteiger partial charge is 0.328 e. The quantitative estimate of drug-likeness (QED) is 0.461. The first-order valence-electron chi connectivity index (χ1n) is 9.95. The number of hydrogen-bond acceptors (Lipinski definition) is 3. The molecule has 7 nitrogen and oxygen atoms in total. The Morgan fingerprint density at radius 1 is 0.903 bits per heavy atom. The summed E-state index contributed by atoms with van der Waals surface area (Å²) in [6.45, 7) is 1.86. The molecule has 3 aromatic carbocycles. The number of aryl methyl sites for hydroxylation is 3. The van der Waals surface area contributed by atoms with Crippen LogP contribution < -0.4 is 11.2 Å². The second kappa shape index (κ2) is 6.98. The van der Waals surface area contributed by atoms with Crippen molar-refractivity contribution in [3.05, 3.63) is 92.8 Å². The average Bonchev–Trinajstić information content (AvgIpc) is 3.19. The minimum atomic E-state index is -0.161. The van der Waals surface area contributed by atoms with E-state index in [1.165, 1.54) is 0 Å². The van der Waals surface area contributed by atoms with E-state index < -0.39 is 0 Å². The molecule has 5 aromatic rings. The van der Waals surface area contributed by atoms with Crippen molar-refractivity contribution >= 4 is 33.7 Å². The van der Waals surface area contributed by atoms with E-state index in [1.54, 1.807) is 34.1 Å². The van der Waals surface area contributed by atoms with Gasteiger partial charge in [0.05, 0.1) is 28.0 Å². The standard InChI is InChI=1S/C24H21N5O2/c1-15-19(14-25-17-11-12-21-22(13-17)28(3)24(31)27(21)2)23(30)29(26-15)20-10-6-8-16-7-4-5-9-18(16)20/h4-14,26H,1-3H3. The number of H-pyrrole nitrogens is 1. The van der Waals surface area contributed by atoms with Crippen LogP contribution in [0, 0.1) is 6.92 Å². The first-order chi connectivity index (χ1) is 15.0. The minimum Gasteiger partial charge on any atom is -0.295 e. The average molecular weight is 411 g/mol. The van der Waals surface area contributed by atoms with E-state index in [0.717, 1.165) is 33.2 Å². The van der Waals surface area contributed by atoms with E-state index >= 15 is 0 Å². The molecule has 0 bridgehead atoms. The van der Waals surface area contributed by atoms with Gasteiger partial charge in [-0.15, -0.1) is 0 Å². The molecule has 154 valence electrons. The predicted molar refractivity (Wildman–Crippen MR) is 124 cm³/mol. The van der Waals surface area contributed by atoms with Crippen LogP contribution in [0.15, 0.2) is 75.2 Å². The molecular formula is C24H21N5O2. The summed E-state index contributed by atoms with van der Waals surface area (Å²) < 4.78 is 4.74. The summed E-state index contributed by atoms with van der Waals surface area (Å²) in [5.74, 6) is 0. The van der Waals surface area contributed by atoms with Crippen molar-refractivity contribution in [1.29, 1.82) is 0 Å². The van der Waals surface area contributed by atoms with Crippen LogP contribution >= 0.6 is 0 Å². The van der Waals surface area contributed by atoms with Gasteiger partial charge >= 0.3 is 5.69 Å². The molecule has 0 radical (unpaired) electrons. The summed E-state index contributed by atoms with van der Waals surface area (Å²) in [7, 11) is 3.48. The third-order valence-electron chi connectivity index (χ3n) is 5.72. The molecule has 31 heavy (non-hydrogen) atoms. The number of hydrogen-bond donors (Lipinski definition) is 1. The van der Waals surface area contributed by atoms with Crippen LogP contribution in [0.4, 0.5) is 5.69 Å². The Hall–Kier alpha value is -4.13. The Kier molecular flexibility index (Phi) is 4.25. The van der Waals surface area contributed by atoms with Gasteiger partial charge in [-0.1, -0.05) is 36.4 Å². The highest BCUT2D eigenvalue weighted by molar-refractivity contribution is 5.90. The first kappa shape index (κ1) is 18.9. The van der Waals surface area contributed by atoms with Crippen LogP contribution in [-0.4, -0.2) is 25.1 Å². The van der Waals surface area contributed by atoms with E-state index in [-0.39, 0.29) is 11.2 Å². The van der Waals surface area contributed by atoms with Gasteiger partial charge < -0.3 is 0 Å². The van der Waals surface area contributed by atoms with Gasteiger partial charge in [0.2, 0.25) is 0 Å². The van der Waals surface area contributed by atoms with Crippen molar-refractivity contribution in [2.45, 2.75) is 6.92 Å². The second-order valence-corrected chi connectivity index (χ2v) is 7.62. The number of nitrogens with one attached hydrogen (secondary N) is 1. The molecule has 5 rings (SSSR count). The molecular weight excluding hydrogens is 390 g/mol. The molecule has 0 unspecified atom stereocenters. The maximum absolute atomic E-state index is 13.2. The Bertz CT molecular complexity index is 1610. The fourth-order valence-electron chi connectivity index (χ4n) is 4.00. The Labute approximate surface area is 177 Å². The molecule has 2 heterocycles. The number of benzene rings is 3. The topological polar surface area (TPSA) is 77.1 Å². The molecule has 0 saturated carbocycles. The summed E-state index contributed by atoms with van der Waals surface area (Å²) in [6.07, 6.45) is 1.58. The SMILES string of the molecule is Cc1[nH]n(-c2cccc3ccccc23)c(=O)c1C=Nc1ccc2c(c1)n(C)c(=O)n2C. The van der Waals surface area contributed by atoms with Crippen LogP contribution in [0.3, 0.4) is 0 Å². The van der Waals surface area contributed by atoms with E-state index in [9.17, 15) is 9.59 Å².